The zero-order valence-electron chi connectivity index (χ0n) is 18.6. The molecule has 0 radical (unpaired) electrons. The molecule has 0 spiro atoms. The fourth-order valence-electron chi connectivity index (χ4n) is 4.72. The third-order valence-corrected chi connectivity index (χ3v) is 6.07. The van der Waals surface area contributed by atoms with Crippen molar-refractivity contribution in [2.75, 3.05) is 23.9 Å². The first-order valence-electron chi connectivity index (χ1n) is 9.83. The third-order valence-electron chi connectivity index (χ3n) is 6.07. The summed E-state index contributed by atoms with van der Waals surface area (Å²) in [4.78, 5) is 4.86. The molecular formula is C28H30N2Pd-2. The van der Waals surface area contributed by atoms with Crippen LogP contribution in [0.4, 0.5) is 11.4 Å². The van der Waals surface area contributed by atoms with E-state index in [1.807, 2.05) is 0 Å². The number of anilines is 2. The summed E-state index contributed by atoms with van der Waals surface area (Å²) in [7, 11) is 4.44. The van der Waals surface area contributed by atoms with Crippen molar-refractivity contribution < 1.29 is 20.4 Å². The SMILES string of the molecule is CN(c1ccccc1)C1c2cccc3cccc(c23)C1N(C)c1ccccc1.[CH3-].[CH3-].[Pd]. The van der Waals surface area contributed by atoms with Gasteiger partial charge in [0.2, 0.25) is 0 Å². The minimum atomic E-state index is 0. The Morgan fingerprint density at radius 1 is 0.516 bits per heavy atom. The van der Waals surface area contributed by atoms with Crippen LogP contribution in [-0.4, -0.2) is 14.1 Å². The monoisotopic (exact) mass is 500 g/mol. The van der Waals surface area contributed by atoms with Gasteiger partial charge in [-0.25, -0.2) is 0 Å². The Morgan fingerprint density at radius 3 is 1.29 bits per heavy atom. The second-order valence-electron chi connectivity index (χ2n) is 7.58. The average Bonchev–Trinajstić information content (AvgIpc) is 3.10. The fraction of sp³-hybridized carbons (Fsp3) is 0.143. The van der Waals surface area contributed by atoms with Gasteiger partial charge in [-0.2, -0.15) is 0 Å². The van der Waals surface area contributed by atoms with Crippen molar-refractivity contribution in [3.05, 3.63) is 123 Å². The molecular weight excluding hydrogens is 471 g/mol. The van der Waals surface area contributed by atoms with Gasteiger partial charge in [0.25, 0.3) is 0 Å². The summed E-state index contributed by atoms with van der Waals surface area (Å²) in [5, 5.41) is 2.73. The van der Waals surface area contributed by atoms with Crippen molar-refractivity contribution in [1.82, 2.24) is 0 Å². The molecule has 0 heterocycles. The number of nitrogens with zero attached hydrogens (tertiary/aromatic N) is 2. The van der Waals surface area contributed by atoms with Gasteiger partial charge in [-0.3, -0.25) is 0 Å². The maximum atomic E-state index is 2.43. The zero-order chi connectivity index (χ0) is 19.1. The van der Waals surface area contributed by atoms with Crippen LogP contribution in [0, 0.1) is 14.9 Å². The van der Waals surface area contributed by atoms with Crippen LogP contribution in [0.1, 0.15) is 23.2 Å². The smallest absolute Gasteiger partial charge is 0.0790 e. The molecule has 0 aromatic heterocycles. The molecule has 2 nitrogen and oxygen atoms in total. The van der Waals surface area contributed by atoms with Crippen molar-refractivity contribution >= 4 is 22.1 Å². The Balaban J connectivity index is 0.00000114. The Kier molecular flexibility index (Phi) is 8.07. The van der Waals surface area contributed by atoms with Crippen LogP contribution in [0.3, 0.4) is 0 Å². The van der Waals surface area contributed by atoms with E-state index in [4.69, 9.17) is 0 Å². The van der Waals surface area contributed by atoms with Gasteiger partial charge in [-0.1, -0.05) is 72.8 Å². The number of benzene rings is 4. The Labute approximate surface area is 201 Å². The third kappa shape index (κ3) is 4.13. The van der Waals surface area contributed by atoms with Gasteiger partial charge >= 0.3 is 0 Å². The standard InChI is InChI=1S/C26H24N2.2CH3.Pd/c1-27(20-13-5-3-6-14-20)25-22-17-9-11-19-12-10-18-23(24(19)22)26(25)28(2)21-15-7-4-8-16-21;;;/h3-18,25-26H,1-2H3;2*1H3;/q;2*-1;. The maximum absolute atomic E-state index is 2.43. The number of para-hydroxylation sites is 2. The number of likely N-dealkylation sites (N-methyl/N-ethyl adjacent to an activating group) is 2. The van der Waals surface area contributed by atoms with Crippen LogP contribution in [0.5, 0.6) is 0 Å². The van der Waals surface area contributed by atoms with Gasteiger partial charge in [0.1, 0.15) is 0 Å². The minimum Gasteiger partial charge on any atom is -0.365 e. The quantitative estimate of drug-likeness (QED) is 0.218. The molecule has 4 aromatic rings. The number of hydrogen-bond acceptors (Lipinski definition) is 2. The van der Waals surface area contributed by atoms with E-state index in [9.17, 15) is 0 Å². The van der Waals surface area contributed by atoms with Gasteiger partial charge in [-0.05, 0) is 46.2 Å². The minimum absolute atomic E-state index is 0. The van der Waals surface area contributed by atoms with Crippen molar-refractivity contribution in [2.24, 2.45) is 0 Å². The van der Waals surface area contributed by atoms with Gasteiger partial charge in [0, 0.05) is 45.9 Å². The molecule has 4 aromatic carbocycles. The molecule has 0 aliphatic heterocycles. The van der Waals surface area contributed by atoms with Crippen LogP contribution in [-0.2, 0) is 20.4 Å². The van der Waals surface area contributed by atoms with Crippen LogP contribution in [0.25, 0.3) is 10.8 Å². The molecule has 3 heteroatoms. The molecule has 5 rings (SSSR count). The first-order chi connectivity index (χ1) is 13.8. The first kappa shape index (κ1) is 24.7. The fourth-order valence-corrected chi connectivity index (χ4v) is 4.72. The molecule has 1 aliphatic rings. The molecule has 0 N–H and O–H groups in total. The summed E-state index contributed by atoms with van der Waals surface area (Å²) < 4.78 is 0. The molecule has 2 unspecified atom stereocenters. The van der Waals surface area contributed by atoms with E-state index in [-0.39, 0.29) is 47.4 Å². The summed E-state index contributed by atoms with van der Waals surface area (Å²) in [5.41, 5.74) is 5.30. The summed E-state index contributed by atoms with van der Waals surface area (Å²) in [6, 6.07) is 35.3. The summed E-state index contributed by atoms with van der Waals surface area (Å²) in [6.07, 6.45) is 0. The van der Waals surface area contributed by atoms with E-state index in [0.717, 1.165) is 0 Å². The average molecular weight is 501 g/mol. The molecule has 0 saturated heterocycles. The maximum Gasteiger partial charge on any atom is 0.0790 e. The topological polar surface area (TPSA) is 6.48 Å². The predicted octanol–water partition coefficient (Wildman–Crippen LogP) is 7.11. The normalized spacial score (nSPS) is 15.9. The molecule has 0 amide bonds. The van der Waals surface area contributed by atoms with Crippen LogP contribution >= 0.6 is 0 Å². The van der Waals surface area contributed by atoms with Crippen LogP contribution in [0.2, 0.25) is 0 Å². The van der Waals surface area contributed by atoms with Gasteiger partial charge in [0.05, 0.1) is 12.1 Å². The number of rotatable bonds is 4. The Hall–Kier alpha value is -2.60. The van der Waals surface area contributed by atoms with E-state index < -0.39 is 0 Å². The van der Waals surface area contributed by atoms with E-state index in [1.165, 1.54) is 33.3 Å². The first-order valence-corrected chi connectivity index (χ1v) is 9.83. The van der Waals surface area contributed by atoms with E-state index >= 15 is 0 Å². The Bertz CT molecular complexity index is 1030. The molecule has 1 aliphatic carbocycles. The van der Waals surface area contributed by atoms with Gasteiger partial charge < -0.3 is 24.7 Å². The largest absolute Gasteiger partial charge is 0.365 e. The van der Waals surface area contributed by atoms with Crippen molar-refractivity contribution in [3.63, 3.8) is 0 Å². The molecule has 0 fully saturated rings. The molecule has 0 bridgehead atoms. The molecule has 0 saturated carbocycles. The second-order valence-corrected chi connectivity index (χ2v) is 7.58. The predicted molar refractivity (Wildman–Crippen MR) is 132 cm³/mol. The van der Waals surface area contributed by atoms with Crippen LogP contribution in [0.15, 0.2) is 97.1 Å². The van der Waals surface area contributed by atoms with Gasteiger partial charge in [0.15, 0.2) is 0 Å². The van der Waals surface area contributed by atoms with E-state index in [0.29, 0.717) is 0 Å². The molecule has 164 valence electrons. The van der Waals surface area contributed by atoms with Crippen molar-refractivity contribution in [3.8, 4) is 0 Å². The Morgan fingerprint density at radius 2 is 0.903 bits per heavy atom. The van der Waals surface area contributed by atoms with E-state index in [1.54, 1.807) is 0 Å². The zero-order valence-corrected chi connectivity index (χ0v) is 20.2. The summed E-state index contributed by atoms with van der Waals surface area (Å²) in [5.74, 6) is 0. The van der Waals surface area contributed by atoms with Crippen molar-refractivity contribution in [2.45, 2.75) is 12.1 Å². The summed E-state index contributed by atoms with van der Waals surface area (Å²) >= 11 is 0. The molecule has 2 atom stereocenters. The number of hydrogen-bond donors (Lipinski definition) is 0. The van der Waals surface area contributed by atoms with Crippen LogP contribution < -0.4 is 9.80 Å². The van der Waals surface area contributed by atoms with E-state index in [2.05, 4.69) is 121 Å². The summed E-state index contributed by atoms with van der Waals surface area (Å²) in [6.45, 7) is 0. The molecule has 31 heavy (non-hydrogen) atoms. The van der Waals surface area contributed by atoms with Gasteiger partial charge in [-0.15, -0.1) is 0 Å². The second kappa shape index (κ2) is 10.1. The van der Waals surface area contributed by atoms with Crippen molar-refractivity contribution in [1.29, 1.82) is 0 Å².